The first-order chi connectivity index (χ1) is 13.4. The van der Waals surface area contributed by atoms with Gasteiger partial charge in [0.05, 0.1) is 11.4 Å². The zero-order valence-electron chi connectivity index (χ0n) is 15.6. The van der Waals surface area contributed by atoms with Crippen molar-refractivity contribution >= 4 is 33.4 Å². The quantitative estimate of drug-likeness (QED) is 0.539. The standard InChI is InChI=1S/C19H21ClN4O2S2/c1-3-24-18(12-21-28(25,26)17-10-4-14(2)5-11-17)22-23-19(24)27-13-15-6-8-16(20)9-7-15/h4-11,21H,3,12-13H2,1-2H3. The molecule has 0 radical (unpaired) electrons. The van der Waals surface area contributed by atoms with Crippen molar-refractivity contribution < 1.29 is 8.42 Å². The molecule has 28 heavy (non-hydrogen) atoms. The maximum Gasteiger partial charge on any atom is 0.240 e. The average molecular weight is 437 g/mol. The van der Waals surface area contributed by atoms with Crippen LogP contribution in [0.3, 0.4) is 0 Å². The van der Waals surface area contributed by atoms with Crippen LogP contribution in [0.5, 0.6) is 0 Å². The molecule has 1 aromatic heterocycles. The van der Waals surface area contributed by atoms with E-state index in [2.05, 4.69) is 14.9 Å². The molecule has 0 aliphatic heterocycles. The Morgan fingerprint density at radius 3 is 2.39 bits per heavy atom. The highest BCUT2D eigenvalue weighted by Gasteiger charge is 2.17. The molecule has 148 valence electrons. The number of hydrogen-bond acceptors (Lipinski definition) is 5. The Bertz CT molecular complexity index is 1030. The minimum Gasteiger partial charge on any atom is -0.305 e. The van der Waals surface area contributed by atoms with E-state index in [1.807, 2.05) is 42.7 Å². The van der Waals surface area contributed by atoms with Gasteiger partial charge >= 0.3 is 0 Å². The number of thioether (sulfide) groups is 1. The van der Waals surface area contributed by atoms with Crippen molar-refractivity contribution in [3.05, 3.63) is 70.5 Å². The van der Waals surface area contributed by atoms with Gasteiger partial charge < -0.3 is 4.57 Å². The van der Waals surface area contributed by atoms with Crippen LogP contribution in [0, 0.1) is 6.92 Å². The Hall–Kier alpha value is -1.87. The van der Waals surface area contributed by atoms with Crippen LogP contribution < -0.4 is 4.72 Å². The first-order valence-electron chi connectivity index (χ1n) is 8.74. The predicted molar refractivity (Wildman–Crippen MR) is 112 cm³/mol. The largest absolute Gasteiger partial charge is 0.305 e. The van der Waals surface area contributed by atoms with Gasteiger partial charge in [-0.1, -0.05) is 53.2 Å². The van der Waals surface area contributed by atoms with Crippen molar-refractivity contribution in [2.24, 2.45) is 0 Å². The number of sulfonamides is 1. The second-order valence-electron chi connectivity index (χ2n) is 6.20. The minimum absolute atomic E-state index is 0.0819. The first-order valence-corrected chi connectivity index (χ1v) is 11.6. The Morgan fingerprint density at radius 1 is 1.07 bits per heavy atom. The first kappa shape index (κ1) is 20.9. The van der Waals surface area contributed by atoms with Crippen molar-refractivity contribution in [3.63, 3.8) is 0 Å². The van der Waals surface area contributed by atoms with Gasteiger partial charge in [-0.3, -0.25) is 0 Å². The molecule has 1 heterocycles. The molecule has 2 aromatic carbocycles. The molecule has 3 rings (SSSR count). The maximum atomic E-state index is 12.5. The highest BCUT2D eigenvalue weighted by atomic mass is 35.5. The summed E-state index contributed by atoms with van der Waals surface area (Å²) in [7, 11) is -3.60. The molecule has 0 unspecified atom stereocenters. The van der Waals surface area contributed by atoms with Gasteiger partial charge in [0.2, 0.25) is 10.0 Å². The fraction of sp³-hybridized carbons (Fsp3) is 0.263. The van der Waals surface area contributed by atoms with E-state index in [0.29, 0.717) is 17.4 Å². The Balaban J connectivity index is 1.67. The molecule has 0 saturated carbocycles. The van der Waals surface area contributed by atoms with E-state index in [1.54, 1.807) is 36.0 Å². The fourth-order valence-corrected chi connectivity index (χ4v) is 4.65. The number of hydrogen-bond donors (Lipinski definition) is 1. The van der Waals surface area contributed by atoms with Crippen molar-refractivity contribution in [2.75, 3.05) is 0 Å². The summed E-state index contributed by atoms with van der Waals surface area (Å²) >= 11 is 7.47. The van der Waals surface area contributed by atoms with Gasteiger partial charge in [0.25, 0.3) is 0 Å². The lowest BCUT2D eigenvalue weighted by molar-refractivity contribution is 0.572. The highest BCUT2D eigenvalue weighted by molar-refractivity contribution is 7.98. The summed E-state index contributed by atoms with van der Waals surface area (Å²) in [5.41, 5.74) is 2.13. The lowest BCUT2D eigenvalue weighted by atomic mass is 10.2. The van der Waals surface area contributed by atoms with Crippen LogP contribution in [0.1, 0.15) is 23.9 Å². The number of halogens is 1. The third-order valence-corrected chi connectivity index (χ3v) is 6.85. The molecule has 0 fully saturated rings. The summed E-state index contributed by atoms with van der Waals surface area (Å²) in [4.78, 5) is 0.234. The van der Waals surface area contributed by atoms with E-state index in [0.717, 1.165) is 22.0 Å². The topological polar surface area (TPSA) is 76.9 Å². The number of rotatable bonds is 8. The zero-order chi connectivity index (χ0) is 20.1. The van der Waals surface area contributed by atoms with E-state index >= 15 is 0 Å². The van der Waals surface area contributed by atoms with Crippen LogP contribution in [0.25, 0.3) is 0 Å². The number of aromatic nitrogens is 3. The molecule has 0 aliphatic carbocycles. The minimum atomic E-state index is -3.60. The van der Waals surface area contributed by atoms with Gasteiger partial charge in [0, 0.05) is 17.3 Å². The maximum absolute atomic E-state index is 12.5. The average Bonchev–Trinajstić information content (AvgIpc) is 3.08. The number of nitrogens with one attached hydrogen (secondary N) is 1. The lowest BCUT2D eigenvalue weighted by Crippen LogP contribution is -2.25. The third-order valence-electron chi connectivity index (χ3n) is 4.14. The molecule has 3 aromatic rings. The molecule has 6 nitrogen and oxygen atoms in total. The Labute approximate surface area is 174 Å². The molecular formula is C19H21ClN4O2S2. The van der Waals surface area contributed by atoms with Crippen molar-refractivity contribution in [1.29, 1.82) is 0 Å². The molecule has 0 amide bonds. The molecule has 1 N–H and O–H groups in total. The number of nitrogens with zero attached hydrogens (tertiary/aromatic N) is 3. The zero-order valence-corrected chi connectivity index (χ0v) is 18.0. The fourth-order valence-electron chi connectivity index (χ4n) is 2.56. The second kappa shape index (κ2) is 9.09. The van der Waals surface area contributed by atoms with Gasteiger partial charge in [0.15, 0.2) is 5.16 Å². The molecule has 0 atom stereocenters. The van der Waals surface area contributed by atoms with Crippen LogP contribution in [-0.4, -0.2) is 23.2 Å². The van der Waals surface area contributed by atoms with E-state index in [9.17, 15) is 8.42 Å². The lowest BCUT2D eigenvalue weighted by Gasteiger charge is -2.09. The van der Waals surface area contributed by atoms with Crippen molar-refractivity contribution in [1.82, 2.24) is 19.5 Å². The summed E-state index contributed by atoms with van der Waals surface area (Å²) in [5, 5.41) is 9.84. The molecule has 9 heteroatoms. The third kappa shape index (κ3) is 5.14. The predicted octanol–water partition coefficient (Wildman–Crippen LogP) is 4.03. The Morgan fingerprint density at radius 2 is 1.75 bits per heavy atom. The normalized spacial score (nSPS) is 11.7. The molecule has 0 saturated heterocycles. The molecular weight excluding hydrogens is 416 g/mol. The van der Waals surface area contributed by atoms with E-state index in [1.165, 1.54) is 0 Å². The van der Waals surface area contributed by atoms with Gasteiger partial charge in [-0.15, -0.1) is 10.2 Å². The van der Waals surface area contributed by atoms with Crippen LogP contribution in [-0.2, 0) is 28.9 Å². The summed E-state index contributed by atoms with van der Waals surface area (Å²) in [6, 6.07) is 14.4. The monoisotopic (exact) mass is 436 g/mol. The SMILES string of the molecule is CCn1c(CNS(=O)(=O)c2ccc(C)cc2)nnc1SCc1ccc(Cl)cc1. The summed E-state index contributed by atoms with van der Waals surface area (Å²) in [5.74, 6) is 1.31. The van der Waals surface area contributed by atoms with Gasteiger partial charge in [0.1, 0.15) is 5.82 Å². The van der Waals surface area contributed by atoms with Gasteiger partial charge in [-0.2, -0.15) is 0 Å². The van der Waals surface area contributed by atoms with Crippen LogP contribution in [0.2, 0.25) is 5.02 Å². The number of benzene rings is 2. The highest BCUT2D eigenvalue weighted by Crippen LogP contribution is 2.23. The van der Waals surface area contributed by atoms with E-state index in [4.69, 9.17) is 11.6 Å². The molecule has 0 bridgehead atoms. The van der Waals surface area contributed by atoms with Gasteiger partial charge in [-0.25, -0.2) is 13.1 Å². The smallest absolute Gasteiger partial charge is 0.240 e. The van der Waals surface area contributed by atoms with Crippen molar-refractivity contribution in [3.8, 4) is 0 Å². The van der Waals surface area contributed by atoms with Gasteiger partial charge in [-0.05, 0) is 43.7 Å². The van der Waals surface area contributed by atoms with E-state index in [-0.39, 0.29) is 11.4 Å². The summed E-state index contributed by atoms with van der Waals surface area (Å²) in [6.07, 6.45) is 0. The summed E-state index contributed by atoms with van der Waals surface area (Å²) in [6.45, 7) is 4.63. The second-order valence-corrected chi connectivity index (χ2v) is 9.34. The van der Waals surface area contributed by atoms with Crippen LogP contribution in [0.15, 0.2) is 58.6 Å². The van der Waals surface area contributed by atoms with E-state index < -0.39 is 10.0 Å². The number of aryl methyl sites for hydroxylation is 1. The Kier molecular flexibility index (Phi) is 6.77. The summed E-state index contributed by atoms with van der Waals surface area (Å²) < 4.78 is 29.5. The van der Waals surface area contributed by atoms with Crippen LogP contribution >= 0.6 is 23.4 Å². The molecule has 0 spiro atoms. The molecule has 0 aliphatic rings. The van der Waals surface area contributed by atoms with Crippen molar-refractivity contribution in [2.45, 2.75) is 42.7 Å². The van der Waals surface area contributed by atoms with Crippen LogP contribution in [0.4, 0.5) is 0 Å².